The molecule has 14 heteroatoms. The van der Waals surface area contributed by atoms with Crippen molar-refractivity contribution in [2.75, 3.05) is 0 Å². The van der Waals surface area contributed by atoms with Crippen molar-refractivity contribution in [2.45, 2.75) is 9.79 Å². The Morgan fingerprint density at radius 3 is 1.48 bits per heavy atom. The molecule has 0 unspecified atom stereocenters. The van der Waals surface area contributed by atoms with Crippen LogP contribution in [0.1, 0.15) is 0 Å². The minimum absolute atomic E-state index is 0.0362. The molecule has 0 aliphatic heterocycles. The molecule has 5 rings (SSSR count). The molecular weight excluding hydrogens is 584 g/mol. The Bertz CT molecular complexity index is 2080. The van der Waals surface area contributed by atoms with Crippen molar-refractivity contribution in [3.05, 3.63) is 97.1 Å². The van der Waals surface area contributed by atoms with Crippen molar-refractivity contribution in [1.82, 2.24) is 0 Å². The van der Waals surface area contributed by atoms with Gasteiger partial charge in [0.1, 0.15) is 22.1 Å². The molecule has 0 bridgehead atoms. The Labute approximate surface area is 239 Å². The third-order valence-electron chi connectivity index (χ3n) is 6.05. The molecule has 5 aromatic rings. The SMILES string of the molecule is O=S(=O)(O)c1cc(S(=O)(=O)O)c2c(N=Nc3ccc(-c4ccc(N=Nc5ccc(O)cc5)cc4)cc3)c(O)ccc2c1. The van der Waals surface area contributed by atoms with Crippen LogP contribution in [-0.4, -0.2) is 36.2 Å². The predicted molar refractivity (Wildman–Crippen MR) is 154 cm³/mol. The zero-order valence-corrected chi connectivity index (χ0v) is 22.9. The van der Waals surface area contributed by atoms with Crippen molar-refractivity contribution < 1.29 is 36.2 Å². The maximum atomic E-state index is 12.1. The Hall–Kier alpha value is -5.02. The van der Waals surface area contributed by atoms with Gasteiger partial charge in [0.2, 0.25) is 0 Å². The van der Waals surface area contributed by atoms with E-state index in [9.17, 15) is 36.2 Å². The summed E-state index contributed by atoms with van der Waals surface area (Å²) < 4.78 is 66.6. The van der Waals surface area contributed by atoms with E-state index in [1.54, 1.807) is 48.5 Å². The summed E-state index contributed by atoms with van der Waals surface area (Å²) in [5.41, 5.74) is 2.95. The van der Waals surface area contributed by atoms with E-state index in [4.69, 9.17) is 0 Å². The van der Waals surface area contributed by atoms with Gasteiger partial charge in [0, 0.05) is 5.39 Å². The van der Waals surface area contributed by atoms with Crippen LogP contribution in [0.25, 0.3) is 21.9 Å². The van der Waals surface area contributed by atoms with Crippen LogP contribution in [0.5, 0.6) is 11.5 Å². The normalized spacial score (nSPS) is 12.4. The van der Waals surface area contributed by atoms with Crippen molar-refractivity contribution in [1.29, 1.82) is 0 Å². The van der Waals surface area contributed by atoms with E-state index in [0.717, 1.165) is 23.3 Å². The molecule has 0 aliphatic carbocycles. The van der Waals surface area contributed by atoms with Crippen LogP contribution in [0, 0.1) is 0 Å². The average Bonchev–Trinajstić information content (AvgIpc) is 2.95. The molecule has 0 heterocycles. The third-order valence-corrected chi connectivity index (χ3v) is 7.76. The van der Waals surface area contributed by atoms with E-state index in [2.05, 4.69) is 20.5 Å². The quantitative estimate of drug-likeness (QED) is 0.110. The Morgan fingerprint density at radius 1 is 0.524 bits per heavy atom. The average molecular weight is 605 g/mol. The lowest BCUT2D eigenvalue weighted by Gasteiger charge is -2.10. The van der Waals surface area contributed by atoms with E-state index in [1.165, 1.54) is 18.2 Å². The molecule has 0 aromatic heterocycles. The molecule has 0 amide bonds. The summed E-state index contributed by atoms with van der Waals surface area (Å²) in [6.45, 7) is 0. The number of rotatable bonds is 7. The van der Waals surface area contributed by atoms with E-state index in [1.807, 2.05) is 12.1 Å². The van der Waals surface area contributed by atoms with Crippen LogP contribution in [0.2, 0.25) is 0 Å². The summed E-state index contributed by atoms with van der Waals surface area (Å²) in [7, 11) is -9.81. The number of benzene rings is 5. The molecule has 0 spiro atoms. The van der Waals surface area contributed by atoms with Crippen LogP contribution >= 0.6 is 0 Å². The van der Waals surface area contributed by atoms with Crippen LogP contribution in [0.3, 0.4) is 0 Å². The number of aromatic hydroxyl groups is 2. The Balaban J connectivity index is 1.41. The summed E-state index contributed by atoms with van der Waals surface area (Å²) in [6, 6.07) is 24.3. The molecule has 5 aromatic carbocycles. The van der Waals surface area contributed by atoms with Gasteiger partial charge in [0.15, 0.2) is 0 Å². The highest BCUT2D eigenvalue weighted by Gasteiger charge is 2.24. The number of hydrogen-bond acceptors (Lipinski definition) is 10. The van der Waals surface area contributed by atoms with Crippen molar-refractivity contribution >= 4 is 53.8 Å². The fraction of sp³-hybridized carbons (Fsp3) is 0. The maximum Gasteiger partial charge on any atom is 0.295 e. The highest BCUT2D eigenvalue weighted by atomic mass is 32.2. The number of hydrogen-bond donors (Lipinski definition) is 4. The zero-order valence-electron chi connectivity index (χ0n) is 21.3. The van der Waals surface area contributed by atoms with Gasteiger partial charge in [0.25, 0.3) is 20.2 Å². The first-order valence-corrected chi connectivity index (χ1v) is 14.8. The van der Waals surface area contributed by atoms with E-state index in [0.29, 0.717) is 23.1 Å². The molecule has 12 nitrogen and oxygen atoms in total. The Morgan fingerprint density at radius 2 is 1.00 bits per heavy atom. The second-order valence-electron chi connectivity index (χ2n) is 8.91. The van der Waals surface area contributed by atoms with Crippen molar-refractivity contribution in [3.8, 4) is 22.6 Å². The smallest absolute Gasteiger partial charge is 0.295 e. The minimum Gasteiger partial charge on any atom is -0.508 e. The van der Waals surface area contributed by atoms with Gasteiger partial charge in [-0.15, -0.1) is 5.11 Å². The lowest BCUT2D eigenvalue weighted by Crippen LogP contribution is -2.04. The summed E-state index contributed by atoms with van der Waals surface area (Å²) in [6.07, 6.45) is 0. The number of nitrogens with zero attached hydrogens (tertiary/aromatic N) is 4. The molecule has 4 N–H and O–H groups in total. The van der Waals surface area contributed by atoms with Gasteiger partial charge in [0.05, 0.1) is 22.0 Å². The van der Waals surface area contributed by atoms with Gasteiger partial charge in [-0.05, 0) is 83.2 Å². The van der Waals surface area contributed by atoms with E-state index < -0.39 is 35.8 Å². The zero-order chi connectivity index (χ0) is 30.1. The maximum absolute atomic E-state index is 12.1. The third kappa shape index (κ3) is 6.31. The van der Waals surface area contributed by atoms with Crippen LogP contribution in [-0.2, 0) is 20.2 Å². The number of fused-ring (bicyclic) bond motifs is 1. The van der Waals surface area contributed by atoms with Gasteiger partial charge in [-0.1, -0.05) is 30.3 Å². The van der Waals surface area contributed by atoms with Crippen molar-refractivity contribution in [2.24, 2.45) is 20.5 Å². The first-order chi connectivity index (χ1) is 19.9. The first kappa shape index (κ1) is 28.5. The summed E-state index contributed by atoms with van der Waals surface area (Å²) in [4.78, 5) is -1.64. The Kier molecular flexibility index (Phi) is 7.53. The summed E-state index contributed by atoms with van der Waals surface area (Å²) in [5.74, 6) is -0.337. The summed E-state index contributed by atoms with van der Waals surface area (Å²) >= 11 is 0. The van der Waals surface area contributed by atoms with Crippen LogP contribution < -0.4 is 0 Å². The van der Waals surface area contributed by atoms with E-state index in [-0.39, 0.29) is 22.2 Å². The standard InChI is InChI=1S/C28H20N4O8S2/c33-23-12-10-22(11-13-23)30-29-20-6-1-17(2-7-20)18-3-8-21(9-4-18)31-32-28-25(34)14-5-19-15-24(41(35,36)37)16-26(27(19)28)42(38,39)40/h1-16,33-34H,(H,35,36,37)(H,38,39,40). The molecule has 0 fully saturated rings. The minimum atomic E-state index is -5.00. The van der Waals surface area contributed by atoms with Crippen LogP contribution in [0.4, 0.5) is 22.7 Å². The first-order valence-electron chi connectivity index (χ1n) is 12.0. The number of phenols is 2. The molecule has 0 saturated carbocycles. The fourth-order valence-corrected chi connectivity index (χ4v) is 5.37. The van der Waals surface area contributed by atoms with Gasteiger partial charge in [-0.25, -0.2) is 0 Å². The van der Waals surface area contributed by atoms with Gasteiger partial charge >= 0.3 is 0 Å². The molecule has 0 aliphatic rings. The summed E-state index contributed by atoms with van der Waals surface area (Å²) in [5, 5.41) is 35.8. The molecule has 0 radical (unpaired) electrons. The molecule has 42 heavy (non-hydrogen) atoms. The molecule has 0 saturated heterocycles. The molecular formula is C28H20N4O8S2. The van der Waals surface area contributed by atoms with E-state index >= 15 is 0 Å². The second-order valence-corrected chi connectivity index (χ2v) is 11.7. The predicted octanol–water partition coefficient (Wildman–Crippen LogP) is 7.24. The van der Waals surface area contributed by atoms with Gasteiger partial charge in [-0.3, -0.25) is 9.11 Å². The van der Waals surface area contributed by atoms with Crippen molar-refractivity contribution in [3.63, 3.8) is 0 Å². The number of azo groups is 2. The highest BCUT2D eigenvalue weighted by molar-refractivity contribution is 7.86. The molecule has 0 atom stereocenters. The number of phenolic OH excluding ortho intramolecular Hbond substituents is 2. The lowest BCUT2D eigenvalue weighted by molar-refractivity contribution is 0.475. The highest BCUT2D eigenvalue weighted by Crippen LogP contribution is 2.41. The largest absolute Gasteiger partial charge is 0.508 e. The monoisotopic (exact) mass is 604 g/mol. The topological polar surface area (TPSA) is 199 Å². The van der Waals surface area contributed by atoms with Gasteiger partial charge in [-0.2, -0.15) is 32.2 Å². The lowest BCUT2D eigenvalue weighted by atomic mass is 10.1. The molecule has 212 valence electrons. The van der Waals surface area contributed by atoms with Crippen LogP contribution in [0.15, 0.2) is 127 Å². The van der Waals surface area contributed by atoms with Gasteiger partial charge < -0.3 is 10.2 Å². The second kappa shape index (κ2) is 11.1. The fourth-order valence-electron chi connectivity index (χ4n) is 4.01.